The normalized spacial score (nSPS) is 14.1. The van der Waals surface area contributed by atoms with Crippen LogP contribution in [0.15, 0.2) is 150 Å². The van der Waals surface area contributed by atoms with Gasteiger partial charge in [-0.2, -0.15) is 0 Å². The summed E-state index contributed by atoms with van der Waals surface area (Å²) in [6, 6.07) is 54.0. The summed E-state index contributed by atoms with van der Waals surface area (Å²) in [5.41, 5.74) is 11.6. The highest BCUT2D eigenvalue weighted by molar-refractivity contribution is 6.89. The van der Waals surface area contributed by atoms with Crippen molar-refractivity contribution in [3.05, 3.63) is 157 Å². The van der Waals surface area contributed by atoms with Gasteiger partial charge in [0.2, 0.25) is 0 Å². The summed E-state index contributed by atoms with van der Waals surface area (Å²) in [6.07, 6.45) is 2.04. The third-order valence-electron chi connectivity index (χ3n) is 12.0. The van der Waals surface area contributed by atoms with Crippen LogP contribution in [0.2, 0.25) is 39.3 Å². The molecule has 56 heavy (non-hydrogen) atoms. The summed E-state index contributed by atoms with van der Waals surface area (Å²) in [5.74, 6) is 0. The molecule has 0 unspecified atom stereocenters. The van der Waals surface area contributed by atoms with Crippen molar-refractivity contribution in [3.8, 4) is 0 Å². The molecule has 0 atom stereocenters. The molecular formula is C51H52N2OSi2. The summed E-state index contributed by atoms with van der Waals surface area (Å²) >= 11 is 0. The van der Waals surface area contributed by atoms with Crippen LogP contribution in [-0.2, 0) is 11.8 Å². The lowest BCUT2D eigenvalue weighted by Crippen LogP contribution is -2.37. The van der Waals surface area contributed by atoms with Gasteiger partial charge in [0.25, 0.3) is 0 Å². The fraction of sp³-hybridized carbons (Fsp3) is 0.216. The number of para-hydroxylation sites is 2. The van der Waals surface area contributed by atoms with E-state index in [4.69, 9.17) is 4.42 Å². The second kappa shape index (κ2) is 13.4. The lowest BCUT2D eigenvalue weighted by atomic mass is 9.71. The quantitative estimate of drug-likeness (QED) is 0.144. The largest absolute Gasteiger partial charge is 0.456 e. The predicted octanol–water partition coefficient (Wildman–Crippen LogP) is 14.0. The Hall–Kier alpha value is -5.37. The third kappa shape index (κ3) is 6.27. The fourth-order valence-corrected chi connectivity index (χ4v) is 11.2. The van der Waals surface area contributed by atoms with Crippen molar-refractivity contribution in [3.63, 3.8) is 0 Å². The maximum Gasteiger partial charge on any atom is 0.139 e. The summed E-state index contributed by atoms with van der Waals surface area (Å²) in [7, 11) is -2.88. The summed E-state index contributed by atoms with van der Waals surface area (Å²) in [5, 5.41) is 7.90. The molecule has 8 aromatic rings. The van der Waals surface area contributed by atoms with E-state index in [1.807, 2.05) is 0 Å². The molecular weight excluding hydrogens is 713 g/mol. The van der Waals surface area contributed by atoms with Crippen molar-refractivity contribution >= 4 is 93.4 Å². The molecule has 0 N–H and O–H groups in total. The van der Waals surface area contributed by atoms with Crippen LogP contribution in [0.3, 0.4) is 0 Å². The molecule has 3 nitrogen and oxygen atoms in total. The molecule has 0 saturated heterocycles. The zero-order chi connectivity index (χ0) is 39.0. The zero-order valence-corrected chi connectivity index (χ0v) is 36.1. The van der Waals surface area contributed by atoms with Gasteiger partial charge in [0.15, 0.2) is 0 Å². The smallest absolute Gasteiger partial charge is 0.139 e. The number of benzene rings is 7. The van der Waals surface area contributed by atoms with E-state index in [1.54, 1.807) is 0 Å². The number of aryl methyl sites for hydroxylation is 1. The molecule has 1 aliphatic rings. The first-order valence-electron chi connectivity index (χ1n) is 20.1. The van der Waals surface area contributed by atoms with Crippen LogP contribution < -0.4 is 20.2 Å². The molecule has 0 bridgehead atoms. The number of anilines is 6. The number of hydrogen-bond donors (Lipinski definition) is 0. The minimum Gasteiger partial charge on any atom is -0.456 e. The summed E-state index contributed by atoms with van der Waals surface area (Å²) in [6.45, 7) is 19.3. The predicted molar refractivity (Wildman–Crippen MR) is 248 cm³/mol. The van der Waals surface area contributed by atoms with E-state index in [1.165, 1.54) is 54.7 Å². The Bertz CT molecular complexity index is 2720. The number of rotatable bonds is 8. The van der Waals surface area contributed by atoms with Crippen molar-refractivity contribution in [1.29, 1.82) is 0 Å². The van der Waals surface area contributed by atoms with Gasteiger partial charge in [0, 0.05) is 56.5 Å². The van der Waals surface area contributed by atoms with E-state index < -0.39 is 16.1 Å². The van der Waals surface area contributed by atoms with Crippen LogP contribution >= 0.6 is 0 Å². The fourth-order valence-electron chi connectivity index (χ4n) is 8.83. The average molecular weight is 765 g/mol. The molecule has 0 spiro atoms. The van der Waals surface area contributed by atoms with Gasteiger partial charge >= 0.3 is 0 Å². The van der Waals surface area contributed by atoms with Crippen molar-refractivity contribution in [1.82, 2.24) is 0 Å². The van der Waals surface area contributed by atoms with Crippen LogP contribution in [0, 0.1) is 0 Å². The molecule has 0 radical (unpaired) electrons. The first-order chi connectivity index (χ1) is 26.8. The number of furan rings is 1. The Labute approximate surface area is 334 Å². The summed E-state index contributed by atoms with van der Waals surface area (Å²) < 4.78 is 7.12. The standard InChI is InChI=1S/C51H52N2OSi2/c1-51(2)32-31-44-46(53(37-17-13-10-14-18-37)39-22-27-42(28-23-39)56(6,7)8)30-19-35-33-45-43-29-24-40(34-47(43)54-50(45)49(51)48(35)44)52(36-15-11-9-12-16-36)38-20-25-41(26-21-38)55(3,4)5/h9-30,33-34H,31-32H2,1-8H3. The van der Waals surface area contributed by atoms with Crippen LogP contribution in [0.4, 0.5) is 34.1 Å². The van der Waals surface area contributed by atoms with Crippen LogP contribution in [0.1, 0.15) is 31.4 Å². The van der Waals surface area contributed by atoms with Gasteiger partial charge in [-0.1, -0.05) is 130 Å². The lowest BCUT2D eigenvalue weighted by molar-refractivity contribution is 0.471. The Morgan fingerprint density at radius 2 is 1.04 bits per heavy atom. The van der Waals surface area contributed by atoms with Crippen molar-refractivity contribution in [2.24, 2.45) is 0 Å². The molecule has 0 aliphatic heterocycles. The molecule has 7 aromatic carbocycles. The van der Waals surface area contributed by atoms with E-state index in [-0.39, 0.29) is 5.41 Å². The van der Waals surface area contributed by atoms with Crippen LogP contribution in [0.5, 0.6) is 0 Å². The molecule has 9 rings (SSSR count). The van der Waals surface area contributed by atoms with Crippen LogP contribution in [-0.4, -0.2) is 16.1 Å². The third-order valence-corrected chi connectivity index (χ3v) is 16.1. The van der Waals surface area contributed by atoms with E-state index in [0.29, 0.717) is 0 Å². The second-order valence-electron chi connectivity index (χ2n) is 18.4. The molecule has 0 amide bonds. The van der Waals surface area contributed by atoms with Crippen molar-refractivity contribution in [2.75, 3.05) is 9.80 Å². The average Bonchev–Trinajstić information content (AvgIpc) is 3.54. The van der Waals surface area contributed by atoms with Gasteiger partial charge < -0.3 is 14.2 Å². The van der Waals surface area contributed by atoms with E-state index in [0.717, 1.165) is 46.5 Å². The monoisotopic (exact) mass is 764 g/mol. The van der Waals surface area contributed by atoms with Gasteiger partial charge in [-0.3, -0.25) is 0 Å². The first kappa shape index (κ1) is 36.3. The van der Waals surface area contributed by atoms with Gasteiger partial charge in [-0.15, -0.1) is 0 Å². The Balaban J connectivity index is 1.23. The highest BCUT2D eigenvalue weighted by Gasteiger charge is 2.35. The zero-order valence-electron chi connectivity index (χ0n) is 34.1. The molecule has 0 fully saturated rings. The van der Waals surface area contributed by atoms with E-state index in [2.05, 4.69) is 209 Å². The SMILES string of the molecule is CC1(C)CCc2c(N(c3ccccc3)c3ccc([Si](C)(C)C)cc3)ccc3cc4c(oc5cc(N(c6ccccc6)c6ccc([Si](C)(C)C)cc6)ccc54)c1c23. The minimum atomic E-state index is -1.44. The molecule has 5 heteroatoms. The van der Waals surface area contributed by atoms with E-state index >= 15 is 0 Å². The molecule has 280 valence electrons. The number of nitrogens with zero attached hydrogens (tertiary/aromatic N) is 2. The Morgan fingerprint density at radius 1 is 0.518 bits per heavy atom. The highest BCUT2D eigenvalue weighted by Crippen LogP contribution is 2.51. The van der Waals surface area contributed by atoms with Gasteiger partial charge in [-0.25, -0.2) is 0 Å². The maximum absolute atomic E-state index is 7.12. The van der Waals surface area contributed by atoms with Gasteiger partial charge in [0.05, 0.1) is 16.1 Å². The summed E-state index contributed by atoms with van der Waals surface area (Å²) in [4.78, 5) is 4.82. The molecule has 1 aromatic heterocycles. The maximum atomic E-state index is 7.12. The van der Waals surface area contributed by atoms with Gasteiger partial charge in [-0.05, 0) is 107 Å². The molecule has 0 saturated carbocycles. The van der Waals surface area contributed by atoms with E-state index in [9.17, 15) is 0 Å². The Kier molecular flexibility index (Phi) is 8.68. The Morgan fingerprint density at radius 3 is 1.61 bits per heavy atom. The minimum absolute atomic E-state index is 0.0646. The van der Waals surface area contributed by atoms with Crippen molar-refractivity contribution < 1.29 is 4.42 Å². The van der Waals surface area contributed by atoms with Crippen molar-refractivity contribution in [2.45, 2.75) is 71.4 Å². The number of fused-ring (bicyclic) bond motifs is 4. The topological polar surface area (TPSA) is 19.6 Å². The van der Waals surface area contributed by atoms with Crippen LogP contribution in [0.25, 0.3) is 32.7 Å². The molecule has 1 aliphatic carbocycles. The second-order valence-corrected chi connectivity index (χ2v) is 28.5. The highest BCUT2D eigenvalue weighted by atomic mass is 28.3. The number of hydrogen-bond acceptors (Lipinski definition) is 3. The first-order valence-corrected chi connectivity index (χ1v) is 27.1. The van der Waals surface area contributed by atoms with Gasteiger partial charge in [0.1, 0.15) is 11.2 Å². The molecule has 1 heterocycles. The lowest BCUT2D eigenvalue weighted by Gasteiger charge is -2.36.